The van der Waals surface area contributed by atoms with Gasteiger partial charge in [-0.25, -0.2) is 0 Å². The number of hydrogen-bond acceptors (Lipinski definition) is 3. The van der Waals surface area contributed by atoms with E-state index >= 15 is 0 Å². The molecule has 0 spiro atoms. The summed E-state index contributed by atoms with van der Waals surface area (Å²) in [5.41, 5.74) is 3.51. The van der Waals surface area contributed by atoms with E-state index < -0.39 is 0 Å². The van der Waals surface area contributed by atoms with E-state index in [1.54, 1.807) is 6.20 Å². The van der Waals surface area contributed by atoms with E-state index in [4.69, 9.17) is 0 Å². The fraction of sp³-hybridized carbons (Fsp3) is 0.0455. The third-order valence-corrected chi connectivity index (χ3v) is 4.31. The zero-order chi connectivity index (χ0) is 17.1. The van der Waals surface area contributed by atoms with Gasteiger partial charge in [0.1, 0.15) is 11.3 Å². The van der Waals surface area contributed by atoms with Gasteiger partial charge in [0, 0.05) is 22.8 Å². The third-order valence-electron chi connectivity index (χ3n) is 4.31. The summed E-state index contributed by atoms with van der Waals surface area (Å²) in [6.07, 6.45) is 1.70. The molecular weight excluding hydrogens is 308 g/mol. The fourth-order valence-corrected chi connectivity index (χ4v) is 3.07. The maximum atomic E-state index is 10.9. The van der Waals surface area contributed by atoms with Gasteiger partial charge < -0.3 is 10.4 Å². The van der Waals surface area contributed by atoms with Crippen LogP contribution < -0.4 is 5.32 Å². The zero-order valence-electron chi connectivity index (χ0n) is 13.6. The molecule has 3 heteroatoms. The lowest BCUT2D eigenvalue weighted by Gasteiger charge is -2.22. The molecule has 0 saturated heterocycles. The van der Waals surface area contributed by atoms with Crippen LogP contribution in [0.5, 0.6) is 5.75 Å². The van der Waals surface area contributed by atoms with E-state index in [2.05, 4.69) is 22.4 Å². The lowest BCUT2D eigenvalue weighted by Crippen LogP contribution is -2.12. The van der Waals surface area contributed by atoms with Crippen LogP contribution in [0.4, 0.5) is 5.69 Å². The highest BCUT2D eigenvalue weighted by Gasteiger charge is 2.19. The van der Waals surface area contributed by atoms with Crippen molar-refractivity contribution in [2.45, 2.75) is 6.04 Å². The van der Waals surface area contributed by atoms with Gasteiger partial charge in [-0.3, -0.25) is 4.98 Å². The van der Waals surface area contributed by atoms with Crippen molar-refractivity contribution in [3.8, 4) is 5.75 Å². The highest BCUT2D eigenvalue weighted by Crippen LogP contribution is 2.36. The summed E-state index contributed by atoms with van der Waals surface area (Å²) < 4.78 is 0. The van der Waals surface area contributed by atoms with E-state index in [0.717, 1.165) is 22.2 Å². The van der Waals surface area contributed by atoms with Crippen LogP contribution >= 0.6 is 0 Å². The molecule has 25 heavy (non-hydrogen) atoms. The standard InChI is InChI=1S/C22H18N2O/c25-22-19(14-13-17-10-7-15-23-21(17)22)20(16-8-3-1-4-9-16)24-18-11-5-2-6-12-18/h1-15,20,24-25H/t20-/m1/s1. The molecule has 3 nitrogen and oxygen atoms in total. The number of phenolic OH excluding ortho intramolecular Hbond substituents is 1. The van der Waals surface area contributed by atoms with E-state index in [0.29, 0.717) is 5.52 Å². The highest BCUT2D eigenvalue weighted by molar-refractivity contribution is 5.86. The molecule has 2 N–H and O–H groups in total. The fourth-order valence-electron chi connectivity index (χ4n) is 3.07. The number of benzene rings is 3. The zero-order valence-corrected chi connectivity index (χ0v) is 13.6. The Bertz CT molecular complexity index is 984. The maximum absolute atomic E-state index is 10.9. The van der Waals surface area contributed by atoms with Crippen molar-refractivity contribution >= 4 is 16.6 Å². The van der Waals surface area contributed by atoms with Crippen LogP contribution in [0, 0.1) is 0 Å². The van der Waals surface area contributed by atoms with Crippen molar-refractivity contribution in [3.05, 3.63) is 102 Å². The normalized spacial score (nSPS) is 12.0. The Morgan fingerprint density at radius 2 is 1.48 bits per heavy atom. The van der Waals surface area contributed by atoms with Gasteiger partial charge in [0.05, 0.1) is 6.04 Å². The highest BCUT2D eigenvalue weighted by atomic mass is 16.3. The number of nitrogens with zero attached hydrogens (tertiary/aromatic N) is 1. The third kappa shape index (κ3) is 3.04. The van der Waals surface area contributed by atoms with Gasteiger partial charge in [0.25, 0.3) is 0 Å². The molecule has 0 radical (unpaired) electrons. The smallest absolute Gasteiger partial charge is 0.147 e. The van der Waals surface area contributed by atoms with Gasteiger partial charge >= 0.3 is 0 Å². The van der Waals surface area contributed by atoms with Crippen molar-refractivity contribution in [2.24, 2.45) is 0 Å². The first kappa shape index (κ1) is 15.2. The first-order chi connectivity index (χ1) is 12.3. The number of rotatable bonds is 4. The minimum Gasteiger partial charge on any atom is -0.505 e. The van der Waals surface area contributed by atoms with Crippen LogP contribution in [0.25, 0.3) is 10.9 Å². The molecule has 4 aromatic rings. The topological polar surface area (TPSA) is 45.1 Å². The second-order valence-electron chi connectivity index (χ2n) is 5.93. The first-order valence-corrected chi connectivity index (χ1v) is 8.26. The van der Waals surface area contributed by atoms with Crippen LogP contribution in [-0.2, 0) is 0 Å². The van der Waals surface area contributed by atoms with E-state index in [-0.39, 0.29) is 11.8 Å². The summed E-state index contributed by atoms with van der Waals surface area (Å²) in [4.78, 5) is 4.35. The Morgan fingerprint density at radius 1 is 0.760 bits per heavy atom. The molecule has 1 atom stereocenters. The van der Waals surface area contributed by atoms with Crippen LogP contribution in [0.3, 0.4) is 0 Å². The van der Waals surface area contributed by atoms with Gasteiger partial charge in [-0.2, -0.15) is 0 Å². The van der Waals surface area contributed by atoms with Gasteiger partial charge in [0.15, 0.2) is 0 Å². The average molecular weight is 326 g/mol. The summed E-state index contributed by atoms with van der Waals surface area (Å²) in [5, 5.41) is 15.3. The van der Waals surface area contributed by atoms with Crippen LogP contribution in [0.15, 0.2) is 91.1 Å². The van der Waals surface area contributed by atoms with Crippen molar-refractivity contribution < 1.29 is 5.11 Å². The SMILES string of the molecule is Oc1c([C@H](Nc2ccccc2)c2ccccc2)ccc2cccnc12. The molecule has 3 aromatic carbocycles. The Hall–Kier alpha value is -3.33. The van der Waals surface area contributed by atoms with Gasteiger partial charge in [-0.05, 0) is 23.8 Å². The number of hydrogen-bond donors (Lipinski definition) is 2. The number of anilines is 1. The molecule has 0 unspecified atom stereocenters. The molecule has 0 saturated carbocycles. The van der Waals surface area contributed by atoms with Crippen molar-refractivity contribution in [3.63, 3.8) is 0 Å². The van der Waals surface area contributed by atoms with Crippen LogP contribution in [0.1, 0.15) is 17.2 Å². The predicted molar refractivity (Wildman–Crippen MR) is 102 cm³/mol. The largest absolute Gasteiger partial charge is 0.505 e. The van der Waals surface area contributed by atoms with Crippen molar-refractivity contribution in [1.29, 1.82) is 0 Å². The maximum Gasteiger partial charge on any atom is 0.147 e. The molecule has 0 aliphatic rings. The number of pyridine rings is 1. The molecule has 0 fully saturated rings. The minimum absolute atomic E-state index is 0.171. The number of phenols is 1. The molecule has 122 valence electrons. The number of aromatic hydroxyl groups is 1. The van der Waals surface area contributed by atoms with E-state index in [9.17, 15) is 5.11 Å². The summed E-state index contributed by atoms with van der Waals surface area (Å²) in [6.45, 7) is 0. The van der Waals surface area contributed by atoms with Crippen molar-refractivity contribution in [2.75, 3.05) is 5.32 Å². The molecular formula is C22H18N2O. The molecule has 4 rings (SSSR count). The Kier molecular flexibility index (Phi) is 4.05. The number of fused-ring (bicyclic) bond motifs is 1. The molecule has 0 aliphatic heterocycles. The monoisotopic (exact) mass is 326 g/mol. The summed E-state index contributed by atoms with van der Waals surface area (Å²) >= 11 is 0. The Balaban J connectivity index is 1.85. The lowest BCUT2D eigenvalue weighted by atomic mass is 9.96. The Labute approximate surface area is 146 Å². The second-order valence-corrected chi connectivity index (χ2v) is 5.93. The molecule has 0 bridgehead atoms. The first-order valence-electron chi connectivity index (χ1n) is 8.26. The van der Waals surface area contributed by atoms with Gasteiger partial charge in [-0.15, -0.1) is 0 Å². The number of para-hydroxylation sites is 1. The average Bonchev–Trinajstić information content (AvgIpc) is 2.69. The number of nitrogens with one attached hydrogen (secondary N) is 1. The Morgan fingerprint density at radius 3 is 2.24 bits per heavy atom. The van der Waals surface area contributed by atoms with E-state index in [1.807, 2.05) is 72.8 Å². The van der Waals surface area contributed by atoms with Crippen LogP contribution in [-0.4, -0.2) is 10.1 Å². The quantitative estimate of drug-likeness (QED) is 0.545. The summed E-state index contributed by atoms with van der Waals surface area (Å²) in [6, 6.07) is 27.7. The summed E-state index contributed by atoms with van der Waals surface area (Å²) in [7, 11) is 0. The lowest BCUT2D eigenvalue weighted by molar-refractivity contribution is 0.472. The molecule has 1 heterocycles. The molecule has 1 aromatic heterocycles. The van der Waals surface area contributed by atoms with Crippen LogP contribution in [0.2, 0.25) is 0 Å². The number of aromatic nitrogens is 1. The molecule has 0 aliphatic carbocycles. The van der Waals surface area contributed by atoms with Gasteiger partial charge in [0.2, 0.25) is 0 Å². The van der Waals surface area contributed by atoms with Crippen molar-refractivity contribution in [1.82, 2.24) is 4.98 Å². The van der Waals surface area contributed by atoms with Gasteiger partial charge in [-0.1, -0.05) is 66.7 Å². The minimum atomic E-state index is -0.171. The summed E-state index contributed by atoms with van der Waals surface area (Å²) in [5.74, 6) is 0.218. The predicted octanol–water partition coefficient (Wildman–Crippen LogP) is 5.14. The van der Waals surface area contributed by atoms with E-state index in [1.165, 1.54) is 0 Å². The molecule has 0 amide bonds. The second kappa shape index (κ2) is 6.65.